The molecule has 0 aliphatic carbocycles. The van der Waals surface area contributed by atoms with Gasteiger partial charge in [0.2, 0.25) is 0 Å². The van der Waals surface area contributed by atoms with Gasteiger partial charge in [0.25, 0.3) is 0 Å². The van der Waals surface area contributed by atoms with Gasteiger partial charge in [-0.05, 0) is 25.7 Å². The van der Waals surface area contributed by atoms with Crippen molar-refractivity contribution in [3.05, 3.63) is 0 Å². The van der Waals surface area contributed by atoms with Crippen molar-refractivity contribution in [2.75, 3.05) is 5.88 Å². The number of alkyl halides is 4. The van der Waals surface area contributed by atoms with Crippen LogP contribution in [0, 0.1) is 0 Å². The Morgan fingerprint density at radius 2 is 1.64 bits per heavy atom. The van der Waals surface area contributed by atoms with E-state index in [1.807, 2.05) is 0 Å². The molecule has 0 heterocycles. The van der Waals surface area contributed by atoms with Crippen molar-refractivity contribution in [1.82, 2.24) is 0 Å². The number of unbranched alkanes of at least 4 members (excludes halogenated alkanes) is 1. The van der Waals surface area contributed by atoms with Crippen LogP contribution in [0.5, 0.6) is 0 Å². The Morgan fingerprint density at radius 3 is 2.14 bits per heavy atom. The topological polar surface area (TPSA) is 20.2 Å². The Balaban J connectivity index is 3.27. The Kier molecular flexibility index (Phi) is 7.37. The van der Waals surface area contributed by atoms with Gasteiger partial charge in [0.05, 0.1) is 6.10 Å². The normalized spacial score (nSPS) is 14.4. The Bertz CT molecular complexity index is 139. The van der Waals surface area contributed by atoms with Gasteiger partial charge in [0.15, 0.2) is 0 Å². The highest BCUT2D eigenvalue weighted by atomic mass is 35.5. The number of aliphatic hydroxyl groups is 1. The summed E-state index contributed by atoms with van der Waals surface area (Å²) in [6.07, 6.45) is -3.08. The maximum atomic E-state index is 11.7. The van der Waals surface area contributed by atoms with E-state index < -0.39 is 18.7 Å². The molecule has 0 aliphatic heterocycles. The van der Waals surface area contributed by atoms with Crippen LogP contribution in [0.4, 0.5) is 13.2 Å². The molecular weight excluding hydrogens is 217 g/mol. The summed E-state index contributed by atoms with van der Waals surface area (Å²) in [6.45, 7) is 0. The summed E-state index contributed by atoms with van der Waals surface area (Å²) in [5.74, 6) is 0.486. The second-order valence-electron chi connectivity index (χ2n) is 3.35. The van der Waals surface area contributed by atoms with Crippen molar-refractivity contribution in [2.45, 2.75) is 50.8 Å². The summed E-state index contributed by atoms with van der Waals surface area (Å²) in [5, 5.41) is 9.27. The fraction of sp³-hybridized carbons (Fsp3) is 1.00. The van der Waals surface area contributed by atoms with E-state index in [9.17, 15) is 18.3 Å². The third-order valence-corrected chi connectivity index (χ3v) is 2.19. The highest BCUT2D eigenvalue weighted by Gasteiger charge is 2.25. The number of aliphatic hydroxyl groups excluding tert-OH is 1. The molecular formula is C9H16ClF3O. The molecule has 1 unspecified atom stereocenters. The summed E-state index contributed by atoms with van der Waals surface area (Å²) in [7, 11) is 0. The fourth-order valence-corrected chi connectivity index (χ4v) is 1.32. The van der Waals surface area contributed by atoms with Crippen molar-refractivity contribution >= 4 is 11.6 Å². The van der Waals surface area contributed by atoms with Crippen molar-refractivity contribution in [2.24, 2.45) is 0 Å². The van der Waals surface area contributed by atoms with Crippen molar-refractivity contribution in [3.63, 3.8) is 0 Å². The van der Waals surface area contributed by atoms with Crippen LogP contribution in [0.25, 0.3) is 0 Å². The summed E-state index contributed by atoms with van der Waals surface area (Å²) in [4.78, 5) is 0. The van der Waals surface area contributed by atoms with Gasteiger partial charge < -0.3 is 5.11 Å². The van der Waals surface area contributed by atoms with E-state index in [0.717, 1.165) is 0 Å². The van der Waals surface area contributed by atoms with E-state index in [0.29, 0.717) is 31.6 Å². The van der Waals surface area contributed by atoms with Gasteiger partial charge >= 0.3 is 6.18 Å². The Morgan fingerprint density at radius 1 is 1.07 bits per heavy atom. The number of hydrogen-bond acceptors (Lipinski definition) is 1. The molecule has 1 N–H and O–H groups in total. The summed E-state index contributed by atoms with van der Waals surface area (Å²) < 4.78 is 35.1. The monoisotopic (exact) mass is 232 g/mol. The van der Waals surface area contributed by atoms with E-state index in [2.05, 4.69) is 0 Å². The van der Waals surface area contributed by atoms with Crippen molar-refractivity contribution in [1.29, 1.82) is 0 Å². The first-order chi connectivity index (χ1) is 6.45. The largest absolute Gasteiger partial charge is 0.393 e. The van der Waals surface area contributed by atoms with E-state index in [4.69, 9.17) is 11.6 Å². The number of halogens is 4. The van der Waals surface area contributed by atoms with Crippen LogP contribution in [-0.2, 0) is 0 Å². The third-order valence-electron chi connectivity index (χ3n) is 1.92. The average molecular weight is 233 g/mol. The minimum absolute atomic E-state index is 0.0986. The molecule has 1 atom stereocenters. The predicted molar refractivity (Wildman–Crippen MR) is 50.5 cm³/mol. The molecule has 0 amide bonds. The van der Waals surface area contributed by atoms with Gasteiger partial charge in [-0.15, -0.1) is 11.6 Å². The van der Waals surface area contributed by atoms with E-state index >= 15 is 0 Å². The predicted octanol–water partition coefficient (Wildman–Crippen LogP) is 3.49. The van der Waals surface area contributed by atoms with Gasteiger partial charge in [-0.2, -0.15) is 13.2 Å². The molecule has 0 fully saturated rings. The molecule has 86 valence electrons. The highest BCUT2D eigenvalue weighted by Crippen LogP contribution is 2.23. The van der Waals surface area contributed by atoms with Crippen LogP contribution in [0.2, 0.25) is 0 Å². The fourth-order valence-electron chi connectivity index (χ4n) is 1.16. The first-order valence-corrected chi connectivity index (χ1v) is 5.30. The lowest BCUT2D eigenvalue weighted by Gasteiger charge is -2.10. The van der Waals surface area contributed by atoms with Crippen LogP contribution < -0.4 is 0 Å². The smallest absolute Gasteiger partial charge is 0.389 e. The zero-order valence-electron chi connectivity index (χ0n) is 7.99. The molecule has 0 aromatic rings. The van der Waals surface area contributed by atoms with E-state index in [1.165, 1.54) is 0 Å². The summed E-state index contributed by atoms with van der Waals surface area (Å²) in [6, 6.07) is 0. The molecule has 5 heteroatoms. The maximum absolute atomic E-state index is 11.7. The maximum Gasteiger partial charge on any atom is 0.389 e. The third kappa shape index (κ3) is 10.1. The first-order valence-electron chi connectivity index (χ1n) is 4.76. The lowest BCUT2D eigenvalue weighted by atomic mass is 10.1. The van der Waals surface area contributed by atoms with Gasteiger partial charge in [0, 0.05) is 12.3 Å². The van der Waals surface area contributed by atoms with Crippen LogP contribution in [-0.4, -0.2) is 23.3 Å². The molecule has 0 saturated heterocycles. The minimum Gasteiger partial charge on any atom is -0.393 e. The zero-order chi connectivity index (χ0) is 11.0. The van der Waals surface area contributed by atoms with Crippen molar-refractivity contribution < 1.29 is 18.3 Å². The number of rotatable bonds is 7. The molecule has 0 bridgehead atoms. The van der Waals surface area contributed by atoms with Gasteiger partial charge in [-0.25, -0.2) is 0 Å². The average Bonchev–Trinajstić information content (AvgIpc) is 2.07. The van der Waals surface area contributed by atoms with Gasteiger partial charge in [-0.1, -0.05) is 6.42 Å². The highest BCUT2D eigenvalue weighted by molar-refractivity contribution is 6.17. The zero-order valence-corrected chi connectivity index (χ0v) is 8.74. The SMILES string of the molecule is OC(CCCCl)CCCCC(F)(F)F. The van der Waals surface area contributed by atoms with Crippen LogP contribution in [0.15, 0.2) is 0 Å². The van der Waals surface area contributed by atoms with Gasteiger partial charge in [0.1, 0.15) is 0 Å². The molecule has 1 nitrogen and oxygen atoms in total. The second-order valence-corrected chi connectivity index (χ2v) is 3.72. The van der Waals surface area contributed by atoms with Crippen LogP contribution in [0.3, 0.4) is 0 Å². The summed E-state index contributed by atoms with van der Waals surface area (Å²) in [5.41, 5.74) is 0. The van der Waals surface area contributed by atoms with E-state index in [-0.39, 0.29) is 6.42 Å². The van der Waals surface area contributed by atoms with Crippen LogP contribution >= 0.6 is 11.6 Å². The molecule has 0 rings (SSSR count). The molecule has 0 aromatic carbocycles. The Hall–Kier alpha value is 0.0400. The molecule has 0 saturated carbocycles. The molecule has 0 aromatic heterocycles. The minimum atomic E-state index is -4.07. The molecule has 0 spiro atoms. The van der Waals surface area contributed by atoms with Crippen LogP contribution in [0.1, 0.15) is 38.5 Å². The van der Waals surface area contributed by atoms with Gasteiger partial charge in [-0.3, -0.25) is 0 Å². The lowest BCUT2D eigenvalue weighted by molar-refractivity contribution is -0.135. The van der Waals surface area contributed by atoms with Crippen molar-refractivity contribution in [3.8, 4) is 0 Å². The lowest BCUT2D eigenvalue weighted by Crippen LogP contribution is -2.09. The molecule has 0 radical (unpaired) electrons. The number of hydrogen-bond donors (Lipinski definition) is 1. The molecule has 14 heavy (non-hydrogen) atoms. The quantitative estimate of drug-likeness (QED) is 0.526. The Labute approximate surface area is 87.3 Å². The first kappa shape index (κ1) is 14.0. The molecule has 0 aliphatic rings. The second kappa shape index (κ2) is 7.35. The van der Waals surface area contributed by atoms with E-state index in [1.54, 1.807) is 0 Å². The summed E-state index contributed by atoms with van der Waals surface area (Å²) >= 11 is 5.41. The standard InChI is InChI=1S/C9H16ClF3O/c10-7-3-5-8(14)4-1-2-6-9(11,12)13/h8,14H,1-7H2.